The number of thiophene rings is 2. The Morgan fingerprint density at radius 2 is 2.13 bits per heavy atom. The van der Waals surface area contributed by atoms with Crippen molar-refractivity contribution in [3.8, 4) is 0 Å². The maximum Gasteiger partial charge on any atom is 0.222 e. The summed E-state index contributed by atoms with van der Waals surface area (Å²) in [6, 6.07) is 1.94. The molecular formula is C10H5NOS3. The second kappa shape index (κ2) is 3.52. The van der Waals surface area contributed by atoms with Crippen LogP contribution in [0.1, 0.15) is 15.4 Å². The molecule has 15 heavy (non-hydrogen) atoms. The molecule has 0 amide bonds. The average Bonchev–Trinajstić information content (AvgIpc) is 2.92. The second-order valence-corrected chi connectivity index (χ2v) is 5.55. The van der Waals surface area contributed by atoms with Gasteiger partial charge in [0.1, 0.15) is 5.69 Å². The van der Waals surface area contributed by atoms with Gasteiger partial charge in [0.15, 0.2) is 0 Å². The minimum atomic E-state index is 0.0300. The van der Waals surface area contributed by atoms with E-state index < -0.39 is 0 Å². The molecule has 0 unspecified atom stereocenters. The van der Waals surface area contributed by atoms with Gasteiger partial charge in [-0.05, 0) is 11.4 Å². The average molecular weight is 251 g/mol. The molecule has 0 spiro atoms. The largest absolute Gasteiger partial charge is 0.286 e. The predicted molar refractivity (Wildman–Crippen MR) is 65.2 cm³/mol. The summed E-state index contributed by atoms with van der Waals surface area (Å²) in [6.45, 7) is 0. The van der Waals surface area contributed by atoms with E-state index in [0.717, 1.165) is 10.3 Å². The van der Waals surface area contributed by atoms with Crippen LogP contribution in [0, 0.1) is 0 Å². The van der Waals surface area contributed by atoms with Crippen molar-refractivity contribution >= 4 is 49.9 Å². The van der Waals surface area contributed by atoms with Crippen molar-refractivity contribution in [3.63, 3.8) is 0 Å². The van der Waals surface area contributed by atoms with Gasteiger partial charge in [0.2, 0.25) is 5.78 Å². The van der Waals surface area contributed by atoms with Crippen LogP contribution >= 0.6 is 34.0 Å². The summed E-state index contributed by atoms with van der Waals surface area (Å²) in [4.78, 5) is 16.7. The highest BCUT2D eigenvalue weighted by Crippen LogP contribution is 2.30. The fraction of sp³-hybridized carbons (Fsp3) is 0. The Kier molecular flexibility index (Phi) is 2.16. The Morgan fingerprint density at radius 1 is 1.20 bits per heavy atom. The van der Waals surface area contributed by atoms with Crippen LogP contribution < -0.4 is 0 Å². The molecule has 74 valence electrons. The summed E-state index contributed by atoms with van der Waals surface area (Å²) < 4.78 is 1.18. The van der Waals surface area contributed by atoms with E-state index in [1.807, 2.05) is 6.07 Å². The molecule has 3 aromatic heterocycles. The summed E-state index contributed by atoms with van der Waals surface area (Å²) >= 11 is 4.65. The molecule has 3 aromatic rings. The topological polar surface area (TPSA) is 30.0 Å². The minimum Gasteiger partial charge on any atom is -0.286 e. The van der Waals surface area contributed by atoms with Gasteiger partial charge in [-0.1, -0.05) is 0 Å². The zero-order valence-corrected chi connectivity index (χ0v) is 9.92. The highest BCUT2D eigenvalue weighted by atomic mass is 32.1. The molecule has 0 aromatic carbocycles. The van der Waals surface area contributed by atoms with E-state index in [-0.39, 0.29) is 5.78 Å². The van der Waals surface area contributed by atoms with Crippen molar-refractivity contribution in [1.82, 2.24) is 4.98 Å². The molecule has 0 bridgehead atoms. The van der Waals surface area contributed by atoms with Crippen molar-refractivity contribution in [2.24, 2.45) is 0 Å². The summed E-state index contributed by atoms with van der Waals surface area (Å²) in [6.07, 6.45) is 0. The van der Waals surface area contributed by atoms with E-state index in [0.29, 0.717) is 5.69 Å². The van der Waals surface area contributed by atoms with Gasteiger partial charge >= 0.3 is 0 Å². The van der Waals surface area contributed by atoms with Crippen LogP contribution in [-0.2, 0) is 0 Å². The number of fused-ring (bicyclic) bond motifs is 1. The van der Waals surface area contributed by atoms with E-state index in [9.17, 15) is 4.79 Å². The molecule has 5 heteroatoms. The van der Waals surface area contributed by atoms with Gasteiger partial charge in [-0.3, -0.25) is 4.79 Å². The van der Waals surface area contributed by atoms with Crippen LogP contribution in [-0.4, -0.2) is 10.8 Å². The molecule has 0 saturated carbocycles. The fourth-order valence-corrected chi connectivity index (χ4v) is 3.83. The first kappa shape index (κ1) is 9.21. The number of nitrogens with zero attached hydrogens (tertiary/aromatic N) is 1. The molecule has 3 rings (SSSR count). The number of hydrogen-bond donors (Lipinski definition) is 0. The predicted octanol–water partition coefficient (Wildman–Crippen LogP) is 3.65. The first-order valence-electron chi connectivity index (χ1n) is 4.23. The van der Waals surface area contributed by atoms with Crippen LogP contribution in [0.4, 0.5) is 0 Å². The number of carbonyl (C=O) groups is 1. The van der Waals surface area contributed by atoms with Crippen LogP contribution in [0.3, 0.4) is 0 Å². The highest BCUT2D eigenvalue weighted by Gasteiger charge is 2.14. The van der Waals surface area contributed by atoms with E-state index in [4.69, 9.17) is 0 Å². The maximum absolute atomic E-state index is 11.9. The Morgan fingerprint density at radius 3 is 2.87 bits per heavy atom. The first-order valence-corrected chi connectivity index (χ1v) is 6.93. The molecule has 0 atom stereocenters. The summed E-state index contributed by atoms with van der Waals surface area (Å²) in [5.41, 5.74) is 2.23. The fourth-order valence-electron chi connectivity index (χ4n) is 1.34. The summed E-state index contributed by atoms with van der Waals surface area (Å²) in [5, 5.41) is 7.07. The van der Waals surface area contributed by atoms with Crippen molar-refractivity contribution in [2.45, 2.75) is 0 Å². The van der Waals surface area contributed by atoms with E-state index in [2.05, 4.69) is 15.7 Å². The molecule has 0 radical (unpaired) electrons. The lowest BCUT2D eigenvalue weighted by Gasteiger charge is -1.89. The quantitative estimate of drug-likeness (QED) is 0.651. The molecule has 0 N–H and O–H groups in total. The van der Waals surface area contributed by atoms with Crippen LogP contribution in [0.25, 0.3) is 10.1 Å². The van der Waals surface area contributed by atoms with Gasteiger partial charge in [0.05, 0.1) is 10.4 Å². The van der Waals surface area contributed by atoms with Gasteiger partial charge in [0.25, 0.3) is 0 Å². The van der Waals surface area contributed by atoms with E-state index in [1.54, 1.807) is 22.2 Å². The Balaban J connectivity index is 2.07. The maximum atomic E-state index is 11.9. The van der Waals surface area contributed by atoms with Crippen LogP contribution in [0.5, 0.6) is 0 Å². The second-order valence-electron chi connectivity index (χ2n) is 3.00. The van der Waals surface area contributed by atoms with Crippen LogP contribution in [0.15, 0.2) is 27.7 Å². The van der Waals surface area contributed by atoms with Gasteiger partial charge in [-0.15, -0.1) is 22.7 Å². The van der Waals surface area contributed by atoms with E-state index in [1.165, 1.54) is 27.4 Å². The molecule has 0 aliphatic carbocycles. The van der Waals surface area contributed by atoms with Crippen molar-refractivity contribution in [1.29, 1.82) is 0 Å². The highest BCUT2D eigenvalue weighted by molar-refractivity contribution is 7.24. The number of thiazole rings is 1. The van der Waals surface area contributed by atoms with Crippen molar-refractivity contribution in [2.75, 3.05) is 0 Å². The summed E-state index contributed by atoms with van der Waals surface area (Å²) in [7, 11) is 0. The zero-order valence-electron chi connectivity index (χ0n) is 7.47. The third kappa shape index (κ3) is 1.52. The van der Waals surface area contributed by atoms with Gasteiger partial charge in [-0.25, -0.2) is 4.98 Å². The first-order chi connectivity index (χ1) is 7.34. The lowest BCUT2D eigenvalue weighted by molar-refractivity contribution is 0.103. The molecule has 0 saturated heterocycles. The number of hydrogen-bond acceptors (Lipinski definition) is 5. The normalized spacial score (nSPS) is 10.9. The molecular weight excluding hydrogens is 246 g/mol. The Hall–Kier alpha value is -1.04. The van der Waals surface area contributed by atoms with Crippen LogP contribution in [0.2, 0.25) is 0 Å². The Labute approximate surface area is 97.8 Å². The van der Waals surface area contributed by atoms with E-state index >= 15 is 0 Å². The molecule has 0 aliphatic heterocycles. The number of ketones is 1. The van der Waals surface area contributed by atoms with Crippen molar-refractivity contribution in [3.05, 3.63) is 38.3 Å². The van der Waals surface area contributed by atoms with Gasteiger partial charge < -0.3 is 0 Å². The van der Waals surface area contributed by atoms with Crippen molar-refractivity contribution < 1.29 is 4.79 Å². The molecule has 2 nitrogen and oxygen atoms in total. The number of carbonyl (C=O) groups excluding carboxylic acids is 1. The Bertz CT molecular complexity index is 577. The number of rotatable bonds is 2. The lowest BCUT2D eigenvalue weighted by Crippen LogP contribution is -1.97. The number of aromatic nitrogens is 1. The zero-order chi connectivity index (χ0) is 10.3. The molecule has 3 heterocycles. The molecule has 0 aliphatic rings. The lowest BCUT2D eigenvalue weighted by atomic mass is 10.2. The standard InChI is InChI=1S/C10H5NOS3/c12-10(7-3-14-5-11-7)8-1-6-2-13-4-9(6)15-8/h1-5H. The minimum absolute atomic E-state index is 0.0300. The molecule has 0 fully saturated rings. The summed E-state index contributed by atoms with van der Waals surface area (Å²) in [5.74, 6) is 0.0300. The smallest absolute Gasteiger partial charge is 0.222 e. The van der Waals surface area contributed by atoms with Gasteiger partial charge in [-0.2, -0.15) is 11.3 Å². The van der Waals surface area contributed by atoms with Gasteiger partial charge in [0, 0.05) is 20.8 Å². The third-order valence-electron chi connectivity index (χ3n) is 2.05. The SMILES string of the molecule is O=C(c1cscn1)c1cc2cscc2s1. The monoisotopic (exact) mass is 251 g/mol. The third-order valence-corrected chi connectivity index (χ3v) is 4.64.